The van der Waals surface area contributed by atoms with Crippen LogP contribution in [-0.2, 0) is 6.42 Å². The van der Waals surface area contributed by atoms with Gasteiger partial charge in [-0.2, -0.15) is 0 Å². The summed E-state index contributed by atoms with van der Waals surface area (Å²) in [5, 5.41) is 0. The van der Waals surface area contributed by atoms with Crippen LogP contribution in [0.4, 0.5) is 0 Å². The van der Waals surface area contributed by atoms with Gasteiger partial charge in [0.15, 0.2) is 0 Å². The summed E-state index contributed by atoms with van der Waals surface area (Å²) in [4.78, 5) is 0. The van der Waals surface area contributed by atoms with Crippen LogP contribution in [-0.4, -0.2) is 6.04 Å². The second-order valence-electron chi connectivity index (χ2n) is 4.68. The number of nitrogens with two attached hydrogens (primary N) is 1. The molecule has 0 saturated heterocycles. The summed E-state index contributed by atoms with van der Waals surface area (Å²) in [6.45, 7) is 2.10. The summed E-state index contributed by atoms with van der Waals surface area (Å²) in [5.74, 6) is 1.67. The lowest BCUT2D eigenvalue weighted by Crippen LogP contribution is -2.21. The van der Waals surface area contributed by atoms with Crippen LogP contribution in [0.15, 0.2) is 46.9 Å². The Hall–Kier alpha value is -0.590. The lowest BCUT2D eigenvalue weighted by Gasteiger charge is -2.12. The van der Waals surface area contributed by atoms with E-state index in [1.807, 2.05) is 36.4 Å². The minimum Gasteiger partial charge on any atom is -0.457 e. The lowest BCUT2D eigenvalue weighted by atomic mass is 10.0. The van der Waals surface area contributed by atoms with Crippen molar-refractivity contribution >= 4 is 38.5 Å². The van der Waals surface area contributed by atoms with Crippen LogP contribution in [0.3, 0.4) is 0 Å². The molecule has 2 rings (SSSR count). The summed E-state index contributed by atoms with van der Waals surface area (Å²) in [6.07, 6.45) is 1.86. The fourth-order valence-corrected chi connectivity index (χ4v) is 2.70. The molecule has 20 heavy (non-hydrogen) atoms. The quantitative estimate of drug-likeness (QED) is 0.647. The highest BCUT2D eigenvalue weighted by Gasteiger charge is 2.07. The molecule has 0 radical (unpaired) electrons. The van der Waals surface area contributed by atoms with E-state index in [0.717, 1.165) is 28.8 Å². The third kappa shape index (κ3) is 4.46. The number of hydrogen-bond donors (Lipinski definition) is 1. The van der Waals surface area contributed by atoms with Crippen molar-refractivity contribution in [2.45, 2.75) is 25.8 Å². The molecular weight excluding hydrogens is 429 g/mol. The zero-order valence-corrected chi connectivity index (χ0v) is 15.0. The van der Waals surface area contributed by atoms with Gasteiger partial charge in [0.05, 0.1) is 0 Å². The van der Waals surface area contributed by atoms with E-state index < -0.39 is 0 Å². The lowest BCUT2D eigenvalue weighted by molar-refractivity contribution is 0.482. The Labute approximate surface area is 142 Å². The van der Waals surface area contributed by atoms with Crippen molar-refractivity contribution in [2.24, 2.45) is 5.73 Å². The molecule has 2 nitrogen and oxygen atoms in total. The second kappa shape index (κ2) is 7.43. The molecule has 0 bridgehead atoms. The van der Waals surface area contributed by atoms with Gasteiger partial charge < -0.3 is 10.5 Å². The molecule has 2 aromatic rings. The van der Waals surface area contributed by atoms with Crippen LogP contribution in [0.5, 0.6) is 11.5 Å². The summed E-state index contributed by atoms with van der Waals surface area (Å²) >= 11 is 5.87. The van der Waals surface area contributed by atoms with E-state index in [4.69, 9.17) is 10.5 Å². The molecule has 1 atom stereocenters. The normalized spacial score (nSPS) is 12.2. The average Bonchev–Trinajstić information content (AvgIpc) is 2.44. The van der Waals surface area contributed by atoms with Crippen molar-refractivity contribution in [3.8, 4) is 11.5 Å². The van der Waals surface area contributed by atoms with E-state index >= 15 is 0 Å². The molecule has 0 aliphatic heterocycles. The van der Waals surface area contributed by atoms with Crippen molar-refractivity contribution < 1.29 is 4.74 Å². The van der Waals surface area contributed by atoms with Gasteiger partial charge in [-0.15, -0.1) is 0 Å². The molecule has 106 valence electrons. The predicted octanol–water partition coefficient (Wildman–Crippen LogP) is 5.13. The molecule has 0 spiro atoms. The fourth-order valence-electron chi connectivity index (χ4n) is 1.82. The van der Waals surface area contributed by atoms with E-state index in [1.165, 1.54) is 9.13 Å². The topological polar surface area (TPSA) is 35.2 Å². The van der Waals surface area contributed by atoms with Crippen LogP contribution in [0, 0.1) is 3.57 Å². The number of ether oxygens (including phenoxy) is 1. The Morgan fingerprint density at radius 3 is 2.40 bits per heavy atom. The first-order chi connectivity index (χ1) is 9.58. The molecule has 2 N–H and O–H groups in total. The number of hydrogen-bond acceptors (Lipinski definition) is 2. The van der Waals surface area contributed by atoms with Gasteiger partial charge in [-0.3, -0.25) is 0 Å². The van der Waals surface area contributed by atoms with Gasteiger partial charge in [0.1, 0.15) is 11.5 Å². The van der Waals surface area contributed by atoms with Gasteiger partial charge in [0.2, 0.25) is 0 Å². The maximum Gasteiger partial charge on any atom is 0.128 e. The summed E-state index contributed by atoms with van der Waals surface area (Å²) in [5.41, 5.74) is 7.21. The maximum absolute atomic E-state index is 6.00. The van der Waals surface area contributed by atoms with E-state index in [-0.39, 0.29) is 6.04 Å². The first kappa shape index (κ1) is 15.8. The summed E-state index contributed by atoms with van der Waals surface area (Å²) in [7, 11) is 0. The minimum absolute atomic E-state index is 0.203. The van der Waals surface area contributed by atoms with Crippen molar-refractivity contribution in [1.29, 1.82) is 0 Å². The predicted molar refractivity (Wildman–Crippen MR) is 95.3 cm³/mol. The largest absolute Gasteiger partial charge is 0.457 e. The van der Waals surface area contributed by atoms with Gasteiger partial charge in [-0.05, 0) is 77.4 Å². The molecule has 0 saturated carbocycles. The molecule has 0 aromatic heterocycles. The molecule has 0 aliphatic carbocycles. The third-order valence-electron chi connectivity index (χ3n) is 3.08. The molecule has 0 fully saturated rings. The third-order valence-corrected chi connectivity index (χ3v) is 4.54. The van der Waals surface area contributed by atoms with Crippen LogP contribution >= 0.6 is 38.5 Å². The molecule has 2 aromatic carbocycles. The average molecular weight is 446 g/mol. The van der Waals surface area contributed by atoms with Gasteiger partial charge in [-0.1, -0.05) is 28.9 Å². The Balaban J connectivity index is 2.10. The van der Waals surface area contributed by atoms with Crippen molar-refractivity contribution in [2.75, 3.05) is 0 Å². The smallest absolute Gasteiger partial charge is 0.128 e. The summed E-state index contributed by atoms with van der Waals surface area (Å²) in [6, 6.07) is 14.2. The zero-order valence-electron chi connectivity index (χ0n) is 11.3. The maximum atomic E-state index is 6.00. The van der Waals surface area contributed by atoms with Crippen molar-refractivity contribution in [3.63, 3.8) is 0 Å². The van der Waals surface area contributed by atoms with Gasteiger partial charge in [0.25, 0.3) is 0 Å². The molecular formula is C16H17BrINO. The molecule has 4 heteroatoms. The Morgan fingerprint density at radius 2 is 1.80 bits per heavy atom. The second-order valence-corrected chi connectivity index (χ2v) is 6.78. The minimum atomic E-state index is 0.203. The molecule has 0 aliphatic rings. The van der Waals surface area contributed by atoms with Gasteiger partial charge in [0, 0.05) is 14.1 Å². The van der Waals surface area contributed by atoms with Crippen LogP contribution in [0.1, 0.15) is 18.9 Å². The fraction of sp³-hybridized carbons (Fsp3) is 0.250. The van der Waals surface area contributed by atoms with Crippen LogP contribution in [0.25, 0.3) is 0 Å². The van der Waals surface area contributed by atoms with Gasteiger partial charge in [-0.25, -0.2) is 0 Å². The van der Waals surface area contributed by atoms with Crippen molar-refractivity contribution in [3.05, 3.63) is 56.1 Å². The van der Waals surface area contributed by atoms with Crippen LogP contribution in [0.2, 0.25) is 0 Å². The van der Waals surface area contributed by atoms with E-state index in [1.54, 1.807) is 0 Å². The zero-order chi connectivity index (χ0) is 14.5. The molecule has 1 unspecified atom stereocenters. The SMILES string of the molecule is CCC(N)Cc1ccc(Oc2ccc(I)cc2)cc1Br. The molecule has 0 amide bonds. The highest BCUT2D eigenvalue weighted by atomic mass is 127. The Kier molecular flexibility index (Phi) is 5.86. The first-order valence-electron chi connectivity index (χ1n) is 6.56. The number of benzene rings is 2. The van der Waals surface area contributed by atoms with E-state index in [0.29, 0.717) is 0 Å². The highest BCUT2D eigenvalue weighted by molar-refractivity contribution is 14.1. The Bertz CT molecular complexity index is 571. The first-order valence-corrected chi connectivity index (χ1v) is 8.43. The van der Waals surface area contributed by atoms with Crippen LogP contribution < -0.4 is 10.5 Å². The van der Waals surface area contributed by atoms with E-state index in [9.17, 15) is 0 Å². The van der Waals surface area contributed by atoms with E-state index in [2.05, 4.69) is 51.5 Å². The van der Waals surface area contributed by atoms with Gasteiger partial charge >= 0.3 is 0 Å². The highest BCUT2D eigenvalue weighted by Crippen LogP contribution is 2.28. The number of halogens is 2. The monoisotopic (exact) mass is 445 g/mol. The Morgan fingerprint density at radius 1 is 1.15 bits per heavy atom. The standard InChI is InChI=1S/C16H17BrINO/c1-2-13(19)9-11-3-6-15(10-16(11)17)20-14-7-4-12(18)5-8-14/h3-8,10,13H,2,9,19H2,1H3. The van der Waals surface area contributed by atoms with Crippen molar-refractivity contribution in [1.82, 2.24) is 0 Å². The summed E-state index contributed by atoms with van der Waals surface area (Å²) < 4.78 is 8.08. The molecule has 0 heterocycles. The number of rotatable bonds is 5.